The van der Waals surface area contributed by atoms with Gasteiger partial charge >= 0.3 is 5.97 Å². The fourth-order valence-corrected chi connectivity index (χ4v) is 3.19. The Balaban J connectivity index is 2.69. The quantitative estimate of drug-likeness (QED) is 0.529. The van der Waals surface area contributed by atoms with Crippen molar-refractivity contribution in [2.75, 3.05) is 6.61 Å². The second-order valence-electron chi connectivity index (χ2n) is 6.76. The highest BCUT2D eigenvalue weighted by atomic mass is 16.5. The van der Waals surface area contributed by atoms with Gasteiger partial charge in [-0.15, -0.1) is 0 Å². The normalized spacial score (nSPS) is 14.5. The largest absolute Gasteiger partial charge is 0.458 e. The van der Waals surface area contributed by atoms with Crippen molar-refractivity contribution in [1.82, 2.24) is 0 Å². The molecule has 1 rings (SSSR count). The Labute approximate surface area is 135 Å². The summed E-state index contributed by atoms with van der Waals surface area (Å²) in [5.41, 5.74) is 1.07. The summed E-state index contributed by atoms with van der Waals surface area (Å²) in [6.07, 6.45) is 6.16. The minimum Gasteiger partial charge on any atom is -0.458 e. The molecule has 3 nitrogen and oxygen atoms in total. The molecule has 0 aliphatic rings. The van der Waals surface area contributed by atoms with E-state index in [1.54, 1.807) is 10.6 Å². The minimum atomic E-state index is -0.240. The molecule has 124 valence electrons. The van der Waals surface area contributed by atoms with E-state index >= 15 is 0 Å². The van der Waals surface area contributed by atoms with E-state index < -0.39 is 0 Å². The third-order valence-electron chi connectivity index (χ3n) is 5.95. The number of aromatic nitrogens is 1. The molecule has 0 radical (unpaired) electrons. The van der Waals surface area contributed by atoms with E-state index in [-0.39, 0.29) is 16.8 Å². The van der Waals surface area contributed by atoms with Crippen LogP contribution in [0.15, 0.2) is 24.4 Å². The SMILES string of the molecule is CCC(C)(CC)C(C)(CC)CCOC(=O)c1cccc[n+]1C. The third kappa shape index (κ3) is 3.88. The first-order chi connectivity index (χ1) is 10.3. The van der Waals surface area contributed by atoms with Crippen molar-refractivity contribution in [2.24, 2.45) is 17.9 Å². The molecule has 1 heterocycles. The highest BCUT2D eigenvalue weighted by Crippen LogP contribution is 2.49. The summed E-state index contributed by atoms with van der Waals surface area (Å²) in [7, 11) is 1.86. The van der Waals surface area contributed by atoms with Crippen LogP contribution in [0.4, 0.5) is 0 Å². The molecule has 0 bridgehead atoms. The standard InChI is InChI=1S/C19H32NO2/c1-7-18(4,8-2)19(5,9-3)13-15-22-17(21)16-12-10-11-14-20(16)6/h10-12,14H,7-9,13,15H2,1-6H3/q+1. The number of esters is 1. The van der Waals surface area contributed by atoms with Gasteiger partial charge in [-0.2, -0.15) is 4.57 Å². The lowest BCUT2D eigenvalue weighted by molar-refractivity contribution is -0.674. The van der Waals surface area contributed by atoms with Gasteiger partial charge in [-0.05, 0) is 23.3 Å². The van der Waals surface area contributed by atoms with Gasteiger partial charge in [0.15, 0.2) is 6.20 Å². The van der Waals surface area contributed by atoms with Crippen LogP contribution in [0.1, 0.15) is 70.8 Å². The second kappa shape index (κ2) is 7.75. The summed E-state index contributed by atoms with van der Waals surface area (Å²) in [6, 6.07) is 5.56. The van der Waals surface area contributed by atoms with Gasteiger partial charge in [-0.1, -0.05) is 53.9 Å². The van der Waals surface area contributed by atoms with Crippen LogP contribution >= 0.6 is 0 Å². The summed E-state index contributed by atoms with van der Waals surface area (Å²) in [6.45, 7) is 11.9. The van der Waals surface area contributed by atoms with Crippen LogP contribution in [-0.2, 0) is 11.8 Å². The Kier molecular flexibility index (Phi) is 6.58. The van der Waals surface area contributed by atoms with Crippen molar-refractivity contribution in [3.63, 3.8) is 0 Å². The van der Waals surface area contributed by atoms with Crippen LogP contribution in [-0.4, -0.2) is 12.6 Å². The molecule has 1 atom stereocenters. The predicted octanol–water partition coefficient (Wildman–Crippen LogP) is 4.30. The zero-order valence-corrected chi connectivity index (χ0v) is 15.1. The van der Waals surface area contributed by atoms with Crippen LogP contribution in [0.5, 0.6) is 0 Å². The van der Waals surface area contributed by atoms with Crippen LogP contribution in [0.2, 0.25) is 0 Å². The van der Waals surface area contributed by atoms with Gasteiger partial charge in [0, 0.05) is 12.1 Å². The topological polar surface area (TPSA) is 30.2 Å². The molecule has 0 aliphatic carbocycles. The van der Waals surface area contributed by atoms with Crippen LogP contribution in [0, 0.1) is 10.8 Å². The Morgan fingerprint density at radius 2 is 1.68 bits per heavy atom. The van der Waals surface area contributed by atoms with Gasteiger partial charge < -0.3 is 4.74 Å². The molecule has 0 saturated heterocycles. The summed E-state index contributed by atoms with van der Waals surface area (Å²) in [4.78, 5) is 12.2. The van der Waals surface area contributed by atoms with Crippen molar-refractivity contribution in [3.05, 3.63) is 30.1 Å². The molecule has 0 N–H and O–H groups in total. The predicted molar refractivity (Wildman–Crippen MR) is 89.6 cm³/mol. The monoisotopic (exact) mass is 306 g/mol. The summed E-state index contributed by atoms with van der Waals surface area (Å²) < 4.78 is 7.33. The van der Waals surface area contributed by atoms with Gasteiger partial charge in [-0.3, -0.25) is 0 Å². The maximum Gasteiger partial charge on any atom is 0.403 e. The van der Waals surface area contributed by atoms with Gasteiger partial charge in [-0.25, -0.2) is 4.79 Å². The number of ether oxygens (including phenoxy) is 1. The fourth-order valence-electron chi connectivity index (χ4n) is 3.19. The molecule has 22 heavy (non-hydrogen) atoms. The summed E-state index contributed by atoms with van der Waals surface area (Å²) in [5, 5.41) is 0. The van der Waals surface area contributed by atoms with E-state index in [0.29, 0.717) is 12.3 Å². The molecule has 3 heteroatoms. The molecule has 0 saturated carbocycles. The molecule has 1 aromatic rings. The lowest BCUT2D eigenvalue weighted by atomic mass is 9.60. The van der Waals surface area contributed by atoms with E-state index in [4.69, 9.17) is 4.74 Å². The number of nitrogens with zero attached hydrogens (tertiary/aromatic N) is 1. The number of pyridine rings is 1. The highest BCUT2D eigenvalue weighted by Gasteiger charge is 2.40. The van der Waals surface area contributed by atoms with E-state index in [9.17, 15) is 4.79 Å². The second-order valence-corrected chi connectivity index (χ2v) is 6.76. The number of hydrogen-bond donors (Lipinski definition) is 0. The third-order valence-corrected chi connectivity index (χ3v) is 5.95. The van der Waals surface area contributed by atoms with Crippen molar-refractivity contribution < 1.29 is 14.1 Å². The smallest absolute Gasteiger partial charge is 0.403 e. The lowest BCUT2D eigenvalue weighted by Crippen LogP contribution is -2.38. The molecule has 0 fully saturated rings. The Morgan fingerprint density at radius 1 is 1.09 bits per heavy atom. The molecule has 0 amide bonds. The van der Waals surface area contributed by atoms with Crippen molar-refractivity contribution in [2.45, 2.75) is 60.3 Å². The van der Waals surface area contributed by atoms with Crippen molar-refractivity contribution >= 4 is 5.97 Å². The van der Waals surface area contributed by atoms with Gasteiger partial charge in [0.2, 0.25) is 0 Å². The van der Waals surface area contributed by atoms with Crippen LogP contribution < -0.4 is 4.57 Å². The first-order valence-electron chi connectivity index (χ1n) is 8.45. The van der Waals surface area contributed by atoms with Crippen molar-refractivity contribution in [1.29, 1.82) is 0 Å². The summed E-state index contributed by atoms with van der Waals surface area (Å²) in [5.74, 6) is -0.240. The average Bonchev–Trinajstić information content (AvgIpc) is 2.53. The van der Waals surface area contributed by atoms with Gasteiger partial charge in [0.05, 0.1) is 6.61 Å². The zero-order valence-electron chi connectivity index (χ0n) is 15.1. The number of aryl methyl sites for hydroxylation is 1. The number of rotatable bonds is 8. The minimum absolute atomic E-state index is 0.190. The van der Waals surface area contributed by atoms with Gasteiger partial charge in [0.1, 0.15) is 7.05 Å². The maximum absolute atomic E-state index is 12.2. The number of carbonyl (C=O) groups is 1. The van der Waals surface area contributed by atoms with Gasteiger partial charge in [0.25, 0.3) is 5.69 Å². The fraction of sp³-hybridized carbons (Fsp3) is 0.684. The molecule has 0 aromatic carbocycles. The summed E-state index contributed by atoms with van der Waals surface area (Å²) >= 11 is 0. The molecule has 1 aromatic heterocycles. The Hall–Kier alpha value is -1.38. The first-order valence-corrected chi connectivity index (χ1v) is 8.45. The Bertz CT molecular complexity index is 494. The number of carbonyl (C=O) groups excluding carboxylic acids is 1. The highest BCUT2D eigenvalue weighted by molar-refractivity contribution is 5.85. The molecular formula is C19H32NO2+. The van der Waals surface area contributed by atoms with Crippen LogP contribution in [0.25, 0.3) is 0 Å². The van der Waals surface area contributed by atoms with Crippen LogP contribution in [0.3, 0.4) is 0 Å². The Morgan fingerprint density at radius 3 is 2.18 bits per heavy atom. The van der Waals surface area contributed by atoms with E-state index in [0.717, 1.165) is 25.7 Å². The van der Waals surface area contributed by atoms with E-state index in [1.165, 1.54) is 0 Å². The first kappa shape index (κ1) is 18.7. The molecular weight excluding hydrogens is 274 g/mol. The molecule has 1 unspecified atom stereocenters. The van der Waals surface area contributed by atoms with Crippen molar-refractivity contribution in [3.8, 4) is 0 Å². The molecule has 0 aliphatic heterocycles. The average molecular weight is 306 g/mol. The number of hydrogen-bond acceptors (Lipinski definition) is 2. The zero-order chi connectivity index (χ0) is 16.8. The maximum atomic E-state index is 12.2. The van der Waals surface area contributed by atoms with E-state index in [2.05, 4.69) is 34.6 Å². The van der Waals surface area contributed by atoms with E-state index in [1.807, 2.05) is 25.4 Å². The molecule has 0 spiro atoms. The lowest BCUT2D eigenvalue weighted by Gasteiger charge is -2.46.